The molecule has 0 bridgehead atoms. The van der Waals surface area contributed by atoms with E-state index in [1.165, 1.54) is 76.5 Å². The lowest BCUT2D eigenvalue weighted by Crippen LogP contribution is -2.65. The number of amides is 11. The van der Waals surface area contributed by atoms with Crippen molar-refractivity contribution in [2.45, 2.75) is 269 Å². The third-order valence-electron chi connectivity index (χ3n) is 22.6. The van der Waals surface area contributed by atoms with Gasteiger partial charge >= 0.3 is 6.18 Å². The molecule has 3 heterocycles. The average Bonchev–Trinajstić information content (AvgIpc) is 1.77. The lowest BCUT2D eigenvalue weighted by Gasteiger charge is -2.45. The van der Waals surface area contributed by atoms with Crippen molar-refractivity contribution in [3.8, 4) is 0 Å². The maximum Gasteiger partial charge on any atom is 0.394 e. The first-order valence-electron chi connectivity index (χ1n) is 35.3. The number of hydrogen-bond acceptors (Lipinski definition) is 11. The van der Waals surface area contributed by atoms with Crippen molar-refractivity contribution in [2.75, 3.05) is 61.9 Å². The maximum atomic E-state index is 15.3. The van der Waals surface area contributed by atoms with E-state index in [9.17, 15) is 56.3 Å². The number of alkyl halides is 4. The summed E-state index contributed by atoms with van der Waals surface area (Å²) >= 11 is 0. The van der Waals surface area contributed by atoms with Crippen LogP contribution in [0.25, 0.3) is 0 Å². The van der Waals surface area contributed by atoms with E-state index in [0.717, 1.165) is 30.6 Å². The molecule has 3 unspecified atom stereocenters. The third-order valence-corrected chi connectivity index (χ3v) is 22.6. The number of rotatable bonds is 11. The van der Waals surface area contributed by atoms with Crippen LogP contribution in [0.3, 0.4) is 0 Å². The molecule has 0 aromatic heterocycles. The molecule has 3 saturated heterocycles. The Morgan fingerprint density at radius 2 is 1.19 bits per heavy atom. The van der Waals surface area contributed by atoms with Crippen LogP contribution in [-0.2, 0) is 52.7 Å². The van der Waals surface area contributed by atoms with Gasteiger partial charge in [0.2, 0.25) is 65.0 Å². The summed E-state index contributed by atoms with van der Waals surface area (Å²) in [6.45, 7) is 16.2. The molecule has 0 aromatic carbocycles. The van der Waals surface area contributed by atoms with E-state index in [4.69, 9.17) is 0 Å². The predicted molar refractivity (Wildman–Crippen MR) is 350 cm³/mol. The van der Waals surface area contributed by atoms with Crippen molar-refractivity contribution < 1.29 is 70.3 Å². The first kappa shape index (κ1) is 77.9. The molecule has 3 aliphatic carbocycles. The molecule has 6 aliphatic rings. The van der Waals surface area contributed by atoms with Gasteiger partial charge in [-0.05, 0) is 126 Å². The lowest BCUT2D eigenvalue weighted by atomic mass is 9.78. The van der Waals surface area contributed by atoms with Crippen LogP contribution >= 0.6 is 0 Å². The Kier molecular flexibility index (Phi) is 27.4. The number of nitrogens with zero attached hydrogens (tertiary/aromatic N) is 8. The molecule has 1 spiro atoms. The van der Waals surface area contributed by atoms with Gasteiger partial charge in [-0.1, -0.05) is 99.8 Å². The molecule has 26 heteroatoms. The van der Waals surface area contributed by atoms with Gasteiger partial charge in [0.1, 0.15) is 60.0 Å². The van der Waals surface area contributed by atoms with Crippen LogP contribution in [0.15, 0.2) is 0 Å². The summed E-state index contributed by atoms with van der Waals surface area (Å²) in [7, 11) is 8.90. The summed E-state index contributed by atoms with van der Waals surface area (Å²) in [6, 6.07) is -9.84. The van der Waals surface area contributed by atoms with Gasteiger partial charge in [-0.25, -0.2) is 4.39 Å². The maximum absolute atomic E-state index is 15.3. The Labute approximate surface area is 561 Å². The highest BCUT2D eigenvalue weighted by Crippen LogP contribution is 2.43. The van der Waals surface area contributed by atoms with Crippen LogP contribution in [0, 0.1) is 41.4 Å². The van der Waals surface area contributed by atoms with Crippen LogP contribution in [0.5, 0.6) is 0 Å². The number of carbonyl (C=O) groups excluding carboxylic acids is 11. The number of nitrogens with one attached hydrogen (secondary N) is 3. The smallest absolute Gasteiger partial charge is 0.343 e. The second kappa shape index (κ2) is 33.4. The number of hydrogen-bond donors (Lipinski definition) is 3. The summed E-state index contributed by atoms with van der Waals surface area (Å²) in [5.41, 5.74) is -1.50. The SMILES string of the molecule is CC[C@H](C)[C@@H]1NC(=O)[C@H](CC(C)C)N(C)C(=O)C[C@@H](C)N(C)C(=O)[C@H]([C@@H](C)CC)N(C)C(=O)C2(CCCC2)NC(=O)[C@@H]2CCCN2C(=O)[C@H](CCC2CCC(C(F)(F)F)C(F)C2)NC(=O)CN(C)C(=O)[C@H](CC2CCC(C)CC2)N(C)C(=O)[C@@H]2CCN2C(=O)[C@H](C)N(C)C1=O. The molecule has 538 valence electrons. The fourth-order valence-corrected chi connectivity index (χ4v) is 15.3. The predicted octanol–water partition coefficient (Wildman–Crippen LogP) is 6.47. The molecule has 6 rings (SSSR count). The summed E-state index contributed by atoms with van der Waals surface area (Å²) in [6.07, 6.45) is -1.13. The van der Waals surface area contributed by atoms with Gasteiger partial charge in [-0.15, -0.1) is 0 Å². The molecule has 3 N–H and O–H groups in total. The highest BCUT2D eigenvalue weighted by atomic mass is 19.4. The number of halogens is 4. The van der Waals surface area contributed by atoms with Crippen molar-refractivity contribution in [2.24, 2.45) is 41.4 Å². The molecule has 3 aliphatic heterocycles. The molecule has 3 saturated carbocycles. The number of fused-ring (bicyclic) bond motifs is 2. The highest BCUT2D eigenvalue weighted by Gasteiger charge is 2.52. The fourth-order valence-electron chi connectivity index (χ4n) is 15.3. The summed E-state index contributed by atoms with van der Waals surface area (Å²) < 4.78 is 56.7. The minimum absolute atomic E-state index is 0.0147. The molecule has 6 fully saturated rings. The second-order valence-corrected chi connectivity index (χ2v) is 29.8. The lowest BCUT2D eigenvalue weighted by molar-refractivity contribution is -0.201. The first-order valence-corrected chi connectivity index (χ1v) is 35.3. The minimum atomic E-state index is -4.74. The van der Waals surface area contributed by atoms with Gasteiger partial charge in [0.25, 0.3) is 0 Å². The zero-order valence-corrected chi connectivity index (χ0v) is 59.4. The van der Waals surface area contributed by atoms with Crippen molar-refractivity contribution in [1.29, 1.82) is 0 Å². The minimum Gasteiger partial charge on any atom is -0.343 e. The van der Waals surface area contributed by atoms with Gasteiger partial charge in [0.15, 0.2) is 0 Å². The van der Waals surface area contributed by atoms with Crippen molar-refractivity contribution in [3.63, 3.8) is 0 Å². The normalized spacial score (nSPS) is 32.7. The summed E-state index contributed by atoms with van der Waals surface area (Å²) in [4.78, 5) is 174. The first-order chi connectivity index (χ1) is 44.5. The van der Waals surface area contributed by atoms with Crippen LogP contribution in [0.2, 0.25) is 0 Å². The monoisotopic (exact) mass is 1350 g/mol. The molecule has 22 nitrogen and oxygen atoms in total. The zero-order chi connectivity index (χ0) is 70.9. The van der Waals surface area contributed by atoms with Crippen LogP contribution in [0.4, 0.5) is 17.6 Å². The molecule has 11 amide bonds. The molecule has 14 atom stereocenters. The van der Waals surface area contributed by atoms with E-state index in [-0.39, 0.29) is 89.1 Å². The van der Waals surface area contributed by atoms with Gasteiger partial charge in [0.05, 0.1) is 12.5 Å². The van der Waals surface area contributed by atoms with E-state index in [1.54, 1.807) is 20.9 Å². The van der Waals surface area contributed by atoms with Crippen molar-refractivity contribution in [1.82, 2.24) is 55.1 Å². The highest BCUT2D eigenvalue weighted by molar-refractivity contribution is 6.00. The molecular formula is C69H113F4N11O11. The Bertz CT molecular complexity index is 2740. The van der Waals surface area contributed by atoms with E-state index in [2.05, 4.69) is 22.9 Å². The van der Waals surface area contributed by atoms with Gasteiger partial charge in [-0.3, -0.25) is 52.7 Å². The topological polar surface area (TPSA) is 250 Å². The molecular weight excluding hydrogens is 1230 g/mol. The number of carbonyl (C=O) groups is 11. The summed E-state index contributed by atoms with van der Waals surface area (Å²) in [5, 5.41) is 8.78. The average molecular weight is 1350 g/mol. The molecule has 0 aromatic rings. The molecule has 95 heavy (non-hydrogen) atoms. The van der Waals surface area contributed by atoms with Crippen LogP contribution in [-0.4, -0.2) is 238 Å². The van der Waals surface area contributed by atoms with Gasteiger partial charge in [0, 0.05) is 67.8 Å². The van der Waals surface area contributed by atoms with Gasteiger partial charge in [-0.2, -0.15) is 13.2 Å². The number of likely N-dealkylation sites (N-methyl/N-ethyl adjacent to an activating group) is 6. The zero-order valence-electron chi connectivity index (χ0n) is 59.4. The Balaban J connectivity index is 1.39. The Morgan fingerprint density at radius 1 is 0.579 bits per heavy atom. The Morgan fingerprint density at radius 3 is 1.76 bits per heavy atom. The quantitative estimate of drug-likeness (QED) is 0.189. The van der Waals surface area contributed by atoms with Crippen molar-refractivity contribution >= 4 is 65.0 Å². The Hall–Kier alpha value is -6.11. The van der Waals surface area contributed by atoms with E-state index >= 15 is 14.0 Å². The fraction of sp³-hybridized carbons (Fsp3) is 0.841. The van der Waals surface area contributed by atoms with E-state index in [1.807, 2.05) is 34.6 Å². The summed E-state index contributed by atoms with van der Waals surface area (Å²) in [5.74, 6) is -9.65. The third kappa shape index (κ3) is 18.6. The van der Waals surface area contributed by atoms with Crippen LogP contribution < -0.4 is 16.0 Å². The van der Waals surface area contributed by atoms with E-state index in [0.29, 0.717) is 38.0 Å². The van der Waals surface area contributed by atoms with Crippen molar-refractivity contribution in [3.05, 3.63) is 0 Å². The van der Waals surface area contributed by atoms with E-state index < -0.39 is 180 Å². The largest absolute Gasteiger partial charge is 0.394 e. The van der Waals surface area contributed by atoms with Crippen LogP contribution in [0.1, 0.15) is 197 Å². The second-order valence-electron chi connectivity index (χ2n) is 29.8. The molecule has 0 radical (unpaired) electrons. The standard InChI is InChI=1S/C69H113F4N11O11/c1-16-42(6)57-65(93)79(12)45(9)61(89)84-34-30-52(84)64(92)81(14)54(38-47-24-22-41(5)23-25-47)63(91)77(10)39-55(85)74-50(29-27-46-26-28-48(49(70)37-46)69(71,72)73)62(90)83-33-20-21-51(83)60(88)76-68(31-18-19-32-68)67(95)82(15)58(43(7)17-2)66(94)78(11)44(8)36-56(86)80(13)53(35-40(3)4)59(87)75-57/h40-54,57-58H,16-39H2,1-15H3,(H,74,85)(H,75,87)(H,76,88)/t41?,42-,43-,44+,45-,46?,47?,48?,49?,50-,51-,52-,53-,54-,57-,58-/m0/s1. The van der Waals surface area contributed by atoms with Gasteiger partial charge < -0.3 is 55.1 Å².